The van der Waals surface area contributed by atoms with Gasteiger partial charge in [0.15, 0.2) is 5.17 Å². The Labute approximate surface area is 112 Å². The molecule has 4 N–H and O–H groups in total. The first-order valence-corrected chi connectivity index (χ1v) is 6.83. The number of rotatable bonds is 3. The Morgan fingerprint density at radius 2 is 1.94 bits per heavy atom. The molecule has 0 fully saturated rings. The number of primary amides is 1. The smallest absolute Gasteiger partial charge is 0.343 e. The van der Waals surface area contributed by atoms with Gasteiger partial charge in [-0.05, 0) is 27.2 Å². The topological polar surface area (TPSA) is 96.6 Å². The summed E-state index contributed by atoms with van der Waals surface area (Å²) in [5.74, 6) is 0.776. The zero-order valence-corrected chi connectivity index (χ0v) is 12.2. The number of amidine groups is 1. The molecule has 0 heterocycles. The molecular weight excluding hydrogens is 252 g/mol. The van der Waals surface area contributed by atoms with Crippen molar-refractivity contribution in [2.45, 2.75) is 46.1 Å². The molecule has 4 amide bonds. The summed E-state index contributed by atoms with van der Waals surface area (Å²) < 4.78 is 0. The number of nitrogens with zero attached hydrogens (tertiary/aromatic N) is 1. The van der Waals surface area contributed by atoms with Gasteiger partial charge in [-0.3, -0.25) is 5.32 Å². The van der Waals surface area contributed by atoms with Gasteiger partial charge in [-0.25, -0.2) is 9.59 Å². The second kappa shape index (κ2) is 7.97. The summed E-state index contributed by atoms with van der Waals surface area (Å²) in [4.78, 5) is 26.2. The first-order chi connectivity index (χ1) is 8.24. The third-order valence-corrected chi connectivity index (χ3v) is 2.61. The zero-order chi connectivity index (χ0) is 14.2. The first kappa shape index (κ1) is 16.8. The summed E-state index contributed by atoms with van der Waals surface area (Å²) in [6, 6.07) is -1.21. The van der Waals surface area contributed by atoms with Gasteiger partial charge in [0.25, 0.3) is 0 Å². The van der Waals surface area contributed by atoms with Gasteiger partial charge >= 0.3 is 12.1 Å². The fourth-order valence-corrected chi connectivity index (χ4v) is 1.90. The Morgan fingerprint density at radius 1 is 1.33 bits per heavy atom. The van der Waals surface area contributed by atoms with Gasteiger partial charge in [0.2, 0.25) is 0 Å². The van der Waals surface area contributed by atoms with Crippen molar-refractivity contribution >= 4 is 29.0 Å². The van der Waals surface area contributed by atoms with Crippen LogP contribution in [0, 0.1) is 0 Å². The van der Waals surface area contributed by atoms with Crippen molar-refractivity contribution < 1.29 is 9.59 Å². The summed E-state index contributed by atoms with van der Waals surface area (Å²) >= 11 is 1.31. The van der Waals surface area contributed by atoms with Crippen molar-refractivity contribution in [2.24, 2.45) is 10.7 Å². The van der Waals surface area contributed by atoms with E-state index < -0.39 is 12.1 Å². The average molecular weight is 274 g/mol. The minimum Gasteiger partial charge on any atom is -0.351 e. The zero-order valence-electron chi connectivity index (χ0n) is 11.4. The molecular formula is C11H22N4O2S. The van der Waals surface area contributed by atoms with Gasteiger partial charge in [0, 0.05) is 11.3 Å². The molecule has 0 bridgehead atoms. The Bertz CT molecular complexity index is 323. The summed E-state index contributed by atoms with van der Waals surface area (Å²) in [6.07, 6.45) is 2.01. The van der Waals surface area contributed by atoms with Crippen molar-refractivity contribution in [3.05, 3.63) is 0 Å². The van der Waals surface area contributed by atoms with Crippen LogP contribution in [-0.2, 0) is 0 Å². The molecule has 0 radical (unpaired) electrons. The molecule has 0 aromatic rings. The monoisotopic (exact) mass is 274 g/mol. The highest BCUT2D eigenvalue weighted by atomic mass is 32.2. The number of unbranched alkanes of at least 4 members (excludes halogenated alkanes) is 1. The maximum absolute atomic E-state index is 11.6. The van der Waals surface area contributed by atoms with E-state index in [1.807, 2.05) is 20.8 Å². The van der Waals surface area contributed by atoms with E-state index in [9.17, 15) is 9.59 Å². The highest BCUT2D eigenvalue weighted by Crippen LogP contribution is 2.07. The molecule has 104 valence electrons. The van der Waals surface area contributed by atoms with Crippen LogP contribution in [-0.4, -0.2) is 28.5 Å². The van der Waals surface area contributed by atoms with Crippen LogP contribution in [0.15, 0.2) is 4.99 Å². The van der Waals surface area contributed by atoms with Gasteiger partial charge in [0.1, 0.15) is 0 Å². The number of urea groups is 2. The molecule has 0 atom stereocenters. The number of amides is 4. The largest absolute Gasteiger partial charge is 0.351 e. The standard InChI is InChI=1S/C11H22N4O2S/c1-5-6-7-18-10(13-8(12)16)14-9(17)15-11(2,3)4/h5-7H2,1-4H3,(H4,12,13,14,15,16,17). The van der Waals surface area contributed by atoms with Gasteiger partial charge < -0.3 is 11.1 Å². The third-order valence-electron chi connectivity index (χ3n) is 1.65. The number of carbonyl (C=O) groups excluding carboxylic acids is 2. The van der Waals surface area contributed by atoms with Crippen LogP contribution in [0.2, 0.25) is 0 Å². The van der Waals surface area contributed by atoms with Crippen LogP contribution < -0.4 is 16.4 Å². The molecule has 0 aliphatic heterocycles. The summed E-state index contributed by atoms with van der Waals surface area (Å²) in [6.45, 7) is 7.62. The quantitative estimate of drug-likeness (QED) is 0.417. The number of carbonyl (C=O) groups is 2. The lowest BCUT2D eigenvalue weighted by atomic mass is 10.1. The molecule has 0 spiro atoms. The summed E-state index contributed by atoms with van der Waals surface area (Å²) in [5.41, 5.74) is 4.66. The lowest BCUT2D eigenvalue weighted by Crippen LogP contribution is -2.41. The van der Waals surface area contributed by atoms with Crippen molar-refractivity contribution in [2.75, 3.05) is 5.75 Å². The Morgan fingerprint density at radius 3 is 2.39 bits per heavy atom. The fourth-order valence-electron chi connectivity index (χ4n) is 0.956. The molecule has 0 unspecified atom stereocenters. The van der Waals surface area contributed by atoms with Crippen molar-refractivity contribution in [3.8, 4) is 0 Å². The predicted molar refractivity (Wildman–Crippen MR) is 75.8 cm³/mol. The van der Waals surface area contributed by atoms with Crippen molar-refractivity contribution in [1.29, 1.82) is 0 Å². The molecule has 6 nitrogen and oxygen atoms in total. The lowest BCUT2D eigenvalue weighted by molar-refractivity contribution is 0.241. The average Bonchev–Trinajstić information content (AvgIpc) is 2.13. The SMILES string of the molecule is CCCCSC(=NC(=O)NC(C)(C)C)NC(N)=O. The maximum atomic E-state index is 11.6. The second-order valence-corrected chi connectivity index (χ2v) is 5.87. The lowest BCUT2D eigenvalue weighted by Gasteiger charge is -2.18. The molecule has 0 aromatic heterocycles. The van der Waals surface area contributed by atoms with E-state index in [-0.39, 0.29) is 10.7 Å². The molecule has 0 saturated carbocycles. The number of aliphatic imine (C=N–C) groups is 1. The minimum atomic E-state index is -0.721. The number of hydrogen-bond acceptors (Lipinski definition) is 3. The molecule has 0 aliphatic carbocycles. The normalized spacial score (nSPS) is 12.1. The molecule has 0 saturated heterocycles. The molecule has 18 heavy (non-hydrogen) atoms. The van der Waals surface area contributed by atoms with E-state index in [0.717, 1.165) is 18.6 Å². The van der Waals surface area contributed by atoms with Crippen LogP contribution in [0.1, 0.15) is 40.5 Å². The van der Waals surface area contributed by atoms with Crippen LogP contribution >= 0.6 is 11.8 Å². The highest BCUT2D eigenvalue weighted by Gasteiger charge is 2.14. The van der Waals surface area contributed by atoms with Crippen molar-refractivity contribution in [1.82, 2.24) is 10.6 Å². The highest BCUT2D eigenvalue weighted by molar-refractivity contribution is 8.13. The first-order valence-electron chi connectivity index (χ1n) is 5.84. The number of nitrogens with one attached hydrogen (secondary N) is 2. The molecule has 0 aromatic carbocycles. The van der Waals surface area contributed by atoms with E-state index in [1.165, 1.54) is 11.8 Å². The van der Waals surface area contributed by atoms with E-state index >= 15 is 0 Å². The Balaban J connectivity index is 4.52. The van der Waals surface area contributed by atoms with E-state index in [2.05, 4.69) is 22.5 Å². The number of thioether (sulfide) groups is 1. The van der Waals surface area contributed by atoms with Gasteiger partial charge in [-0.1, -0.05) is 25.1 Å². The Kier molecular flexibility index (Phi) is 7.42. The summed E-state index contributed by atoms with van der Waals surface area (Å²) in [5, 5.41) is 5.26. The number of nitrogens with two attached hydrogens (primary N) is 1. The van der Waals surface area contributed by atoms with E-state index in [1.54, 1.807) is 0 Å². The fraction of sp³-hybridized carbons (Fsp3) is 0.727. The van der Waals surface area contributed by atoms with Crippen molar-refractivity contribution in [3.63, 3.8) is 0 Å². The third kappa shape index (κ3) is 9.95. The van der Waals surface area contributed by atoms with Crippen LogP contribution in [0.4, 0.5) is 9.59 Å². The van der Waals surface area contributed by atoms with Gasteiger partial charge in [-0.2, -0.15) is 4.99 Å². The number of hydrogen-bond donors (Lipinski definition) is 3. The minimum absolute atomic E-state index is 0.234. The predicted octanol–water partition coefficient (Wildman–Crippen LogP) is 2.05. The second-order valence-electron chi connectivity index (χ2n) is 4.79. The van der Waals surface area contributed by atoms with E-state index in [4.69, 9.17) is 5.73 Å². The summed E-state index contributed by atoms with van der Waals surface area (Å²) in [7, 11) is 0. The van der Waals surface area contributed by atoms with Crippen LogP contribution in [0.3, 0.4) is 0 Å². The molecule has 0 rings (SSSR count). The maximum Gasteiger partial charge on any atom is 0.343 e. The van der Waals surface area contributed by atoms with Gasteiger partial charge in [0.05, 0.1) is 0 Å². The molecule has 0 aliphatic rings. The van der Waals surface area contributed by atoms with Crippen LogP contribution in [0.25, 0.3) is 0 Å². The Hall–Kier alpha value is -1.24. The van der Waals surface area contributed by atoms with Gasteiger partial charge in [-0.15, -0.1) is 0 Å². The molecule has 7 heteroatoms. The van der Waals surface area contributed by atoms with E-state index in [0.29, 0.717) is 0 Å². The van der Waals surface area contributed by atoms with Crippen LogP contribution in [0.5, 0.6) is 0 Å².